The van der Waals surface area contributed by atoms with Crippen LogP contribution in [-0.4, -0.2) is 52.5 Å². The lowest BCUT2D eigenvalue weighted by Crippen LogP contribution is -2.32. The summed E-state index contributed by atoms with van der Waals surface area (Å²) in [6, 6.07) is 6.35. The molecule has 2 N–H and O–H groups in total. The Hall–Kier alpha value is -1.44. The van der Waals surface area contributed by atoms with Gasteiger partial charge in [0.25, 0.3) is 5.91 Å². The van der Waals surface area contributed by atoms with E-state index in [1.807, 2.05) is 19.0 Å². The minimum absolute atomic E-state index is 0.134. The molecule has 1 aliphatic rings. The average molecular weight is 353 g/mol. The summed E-state index contributed by atoms with van der Waals surface area (Å²) in [5, 5.41) is 3.00. The number of sulfonamides is 1. The Balaban J connectivity index is 1.91. The van der Waals surface area contributed by atoms with Crippen molar-refractivity contribution in [1.82, 2.24) is 14.9 Å². The maximum atomic E-state index is 12.2. The van der Waals surface area contributed by atoms with Crippen LogP contribution in [0.5, 0.6) is 0 Å². The van der Waals surface area contributed by atoms with Crippen LogP contribution in [0.15, 0.2) is 29.2 Å². The van der Waals surface area contributed by atoms with Crippen LogP contribution in [0.4, 0.5) is 0 Å². The van der Waals surface area contributed by atoms with E-state index in [0.717, 1.165) is 38.6 Å². The van der Waals surface area contributed by atoms with Gasteiger partial charge >= 0.3 is 0 Å². The Labute approximate surface area is 144 Å². The second kappa shape index (κ2) is 8.60. The molecule has 24 heavy (non-hydrogen) atoms. The molecule has 1 amide bonds. The summed E-state index contributed by atoms with van der Waals surface area (Å²) in [6.45, 7) is 1.22. The van der Waals surface area contributed by atoms with Crippen molar-refractivity contribution in [3.8, 4) is 0 Å². The zero-order chi connectivity index (χ0) is 17.6. The number of nitrogens with one attached hydrogen (secondary N) is 2. The normalized spacial score (nSPS) is 15.8. The standard InChI is InChI=1S/C17H27N3O3S/c1-20(2)13-5-12-18-24(22,23)16-10-8-14(9-11-16)17(21)19-15-6-3-4-7-15/h8-11,15,18H,3-7,12-13H2,1-2H3,(H,19,21). The van der Waals surface area contributed by atoms with Crippen molar-refractivity contribution in [2.75, 3.05) is 27.2 Å². The first kappa shape index (κ1) is 18.9. The zero-order valence-electron chi connectivity index (χ0n) is 14.4. The molecular formula is C17H27N3O3S. The van der Waals surface area contributed by atoms with Crippen molar-refractivity contribution in [3.05, 3.63) is 29.8 Å². The van der Waals surface area contributed by atoms with E-state index in [1.54, 1.807) is 12.1 Å². The topological polar surface area (TPSA) is 78.5 Å². The van der Waals surface area contributed by atoms with E-state index < -0.39 is 10.0 Å². The van der Waals surface area contributed by atoms with Gasteiger partial charge in [-0.25, -0.2) is 13.1 Å². The first-order valence-corrected chi connectivity index (χ1v) is 9.92. The Morgan fingerprint density at radius 1 is 1.17 bits per heavy atom. The minimum atomic E-state index is -3.52. The summed E-state index contributed by atoms with van der Waals surface area (Å²) in [4.78, 5) is 14.3. The molecule has 0 aromatic heterocycles. The molecule has 2 rings (SSSR count). The van der Waals surface area contributed by atoms with Crippen molar-refractivity contribution in [2.24, 2.45) is 0 Å². The van der Waals surface area contributed by atoms with Gasteiger partial charge in [-0.15, -0.1) is 0 Å². The number of hydrogen-bond donors (Lipinski definition) is 2. The fraction of sp³-hybridized carbons (Fsp3) is 0.588. The van der Waals surface area contributed by atoms with Crippen LogP contribution >= 0.6 is 0 Å². The van der Waals surface area contributed by atoms with E-state index in [4.69, 9.17) is 0 Å². The molecule has 1 fully saturated rings. The molecule has 0 atom stereocenters. The van der Waals surface area contributed by atoms with Crippen LogP contribution in [0, 0.1) is 0 Å². The van der Waals surface area contributed by atoms with Gasteiger partial charge in [0.1, 0.15) is 0 Å². The molecule has 7 heteroatoms. The van der Waals surface area contributed by atoms with E-state index in [9.17, 15) is 13.2 Å². The molecule has 1 aromatic carbocycles. The number of nitrogens with zero attached hydrogens (tertiary/aromatic N) is 1. The lowest BCUT2D eigenvalue weighted by atomic mass is 10.2. The number of amides is 1. The first-order chi connectivity index (χ1) is 11.4. The maximum absolute atomic E-state index is 12.2. The molecule has 0 unspecified atom stereocenters. The Morgan fingerprint density at radius 2 is 1.79 bits per heavy atom. The highest BCUT2D eigenvalue weighted by Crippen LogP contribution is 2.18. The van der Waals surface area contributed by atoms with Crippen molar-refractivity contribution in [3.63, 3.8) is 0 Å². The summed E-state index contributed by atoms with van der Waals surface area (Å²) < 4.78 is 27.0. The highest BCUT2D eigenvalue weighted by Gasteiger charge is 2.19. The number of rotatable bonds is 8. The quantitative estimate of drug-likeness (QED) is 0.696. The fourth-order valence-corrected chi connectivity index (χ4v) is 3.88. The summed E-state index contributed by atoms with van der Waals surface area (Å²) in [7, 11) is 0.373. The molecule has 0 aliphatic heterocycles. The molecule has 1 aromatic rings. The molecule has 0 radical (unpaired) electrons. The van der Waals surface area contributed by atoms with Crippen LogP contribution in [0.3, 0.4) is 0 Å². The largest absolute Gasteiger partial charge is 0.349 e. The average Bonchev–Trinajstić information content (AvgIpc) is 3.04. The second-order valence-electron chi connectivity index (χ2n) is 6.53. The molecule has 134 valence electrons. The van der Waals surface area contributed by atoms with Crippen LogP contribution in [0.1, 0.15) is 42.5 Å². The van der Waals surface area contributed by atoms with Gasteiger partial charge < -0.3 is 10.2 Å². The van der Waals surface area contributed by atoms with Gasteiger partial charge in [0.2, 0.25) is 10.0 Å². The predicted molar refractivity (Wildman–Crippen MR) is 94.5 cm³/mol. The predicted octanol–water partition coefficient (Wildman–Crippen LogP) is 1.59. The van der Waals surface area contributed by atoms with Gasteiger partial charge in [0.15, 0.2) is 0 Å². The third-order valence-electron chi connectivity index (χ3n) is 4.19. The van der Waals surface area contributed by atoms with E-state index in [-0.39, 0.29) is 16.8 Å². The molecule has 1 saturated carbocycles. The van der Waals surface area contributed by atoms with E-state index in [0.29, 0.717) is 12.1 Å². The number of carbonyl (C=O) groups is 1. The molecular weight excluding hydrogens is 326 g/mol. The number of benzene rings is 1. The summed E-state index contributed by atoms with van der Waals surface area (Å²) in [5.74, 6) is -0.134. The smallest absolute Gasteiger partial charge is 0.251 e. The van der Waals surface area contributed by atoms with Gasteiger partial charge in [-0.1, -0.05) is 12.8 Å². The van der Waals surface area contributed by atoms with Gasteiger partial charge in [-0.3, -0.25) is 4.79 Å². The highest BCUT2D eigenvalue weighted by atomic mass is 32.2. The Morgan fingerprint density at radius 3 is 2.38 bits per heavy atom. The van der Waals surface area contributed by atoms with Gasteiger partial charge in [-0.2, -0.15) is 0 Å². The molecule has 0 spiro atoms. The third kappa shape index (κ3) is 5.58. The van der Waals surface area contributed by atoms with Crippen LogP contribution in [0.2, 0.25) is 0 Å². The molecule has 1 aliphatic carbocycles. The fourth-order valence-electron chi connectivity index (χ4n) is 2.81. The highest BCUT2D eigenvalue weighted by molar-refractivity contribution is 7.89. The van der Waals surface area contributed by atoms with E-state index in [1.165, 1.54) is 12.1 Å². The molecule has 0 bridgehead atoms. The zero-order valence-corrected chi connectivity index (χ0v) is 15.2. The maximum Gasteiger partial charge on any atom is 0.251 e. The number of hydrogen-bond acceptors (Lipinski definition) is 4. The second-order valence-corrected chi connectivity index (χ2v) is 8.30. The van der Waals surface area contributed by atoms with Crippen LogP contribution in [0.25, 0.3) is 0 Å². The molecule has 0 saturated heterocycles. The first-order valence-electron chi connectivity index (χ1n) is 8.44. The summed E-state index contributed by atoms with van der Waals surface area (Å²) in [5.41, 5.74) is 0.494. The molecule has 0 heterocycles. The lowest BCUT2D eigenvalue weighted by molar-refractivity contribution is 0.0938. The Bertz CT molecular complexity index is 636. The SMILES string of the molecule is CN(C)CCCNS(=O)(=O)c1ccc(C(=O)NC2CCCC2)cc1. The van der Waals surface area contributed by atoms with E-state index >= 15 is 0 Å². The van der Waals surface area contributed by atoms with Gasteiger partial charge in [0.05, 0.1) is 4.90 Å². The number of carbonyl (C=O) groups excluding carboxylic acids is 1. The van der Waals surface area contributed by atoms with Crippen molar-refractivity contribution in [2.45, 2.75) is 43.0 Å². The van der Waals surface area contributed by atoms with E-state index in [2.05, 4.69) is 10.0 Å². The molecule has 6 nitrogen and oxygen atoms in total. The van der Waals surface area contributed by atoms with Crippen LogP contribution < -0.4 is 10.0 Å². The van der Waals surface area contributed by atoms with Gasteiger partial charge in [0, 0.05) is 18.2 Å². The van der Waals surface area contributed by atoms with Crippen molar-refractivity contribution >= 4 is 15.9 Å². The third-order valence-corrected chi connectivity index (χ3v) is 5.67. The summed E-state index contributed by atoms with van der Waals surface area (Å²) >= 11 is 0. The monoisotopic (exact) mass is 353 g/mol. The lowest BCUT2D eigenvalue weighted by Gasteiger charge is -2.12. The van der Waals surface area contributed by atoms with Crippen LogP contribution in [-0.2, 0) is 10.0 Å². The van der Waals surface area contributed by atoms with Gasteiger partial charge in [-0.05, 0) is 64.2 Å². The minimum Gasteiger partial charge on any atom is -0.349 e. The summed E-state index contributed by atoms with van der Waals surface area (Å²) in [6.07, 6.45) is 5.10. The van der Waals surface area contributed by atoms with Crippen molar-refractivity contribution in [1.29, 1.82) is 0 Å². The Kier molecular flexibility index (Phi) is 6.77. The van der Waals surface area contributed by atoms with Crippen molar-refractivity contribution < 1.29 is 13.2 Å².